The van der Waals surface area contributed by atoms with E-state index in [2.05, 4.69) is 0 Å². The Morgan fingerprint density at radius 2 is 1.75 bits per heavy atom. The average molecular weight is 168 g/mol. The zero-order valence-electron chi connectivity index (χ0n) is 7.67. The van der Waals surface area contributed by atoms with E-state index in [0.29, 0.717) is 0 Å². The molecule has 68 valence electrons. The average Bonchev–Trinajstić information content (AvgIpc) is 2.18. The topological polar surface area (TPSA) is 17.1 Å². The van der Waals surface area contributed by atoms with Crippen molar-refractivity contribution in [2.45, 2.75) is 25.7 Å². The van der Waals surface area contributed by atoms with E-state index in [-0.39, 0.29) is 0 Å². The summed E-state index contributed by atoms with van der Waals surface area (Å²) in [6, 6.07) is 0. The second kappa shape index (κ2) is 3.17. The van der Waals surface area contributed by atoms with Crippen molar-refractivity contribution in [3.63, 3.8) is 0 Å². The number of quaternary nitrogens is 1. The molecule has 2 bridgehead atoms. The molecule has 0 aliphatic carbocycles. The van der Waals surface area contributed by atoms with Gasteiger partial charge >= 0.3 is 0 Å². The standard InChI is InChI=1S/C10H18NO/c12-9-1-5-11-6-2-10(3-7-11)4-8-11/h9-10H,1-8H2/q+1. The van der Waals surface area contributed by atoms with E-state index in [4.69, 9.17) is 0 Å². The van der Waals surface area contributed by atoms with Crippen LogP contribution >= 0.6 is 0 Å². The maximum atomic E-state index is 10.3. The van der Waals surface area contributed by atoms with Crippen molar-refractivity contribution in [3.8, 4) is 0 Å². The summed E-state index contributed by atoms with van der Waals surface area (Å²) in [5, 5.41) is 0. The maximum Gasteiger partial charge on any atom is 0.125 e. The van der Waals surface area contributed by atoms with E-state index in [1.165, 1.54) is 43.4 Å². The number of aldehydes is 1. The van der Waals surface area contributed by atoms with Crippen LogP contribution in [0.15, 0.2) is 0 Å². The lowest BCUT2D eigenvalue weighted by Crippen LogP contribution is -2.58. The van der Waals surface area contributed by atoms with Gasteiger partial charge < -0.3 is 9.28 Å². The Hall–Kier alpha value is -0.370. The minimum absolute atomic E-state index is 0.769. The Balaban J connectivity index is 1.94. The number of piperidine rings is 3. The van der Waals surface area contributed by atoms with Crippen LogP contribution in [0, 0.1) is 5.92 Å². The van der Waals surface area contributed by atoms with Gasteiger partial charge in [0.1, 0.15) is 6.29 Å². The molecule has 0 spiro atoms. The molecule has 0 radical (unpaired) electrons. The molecule has 2 nitrogen and oxygen atoms in total. The first-order valence-corrected chi connectivity index (χ1v) is 5.13. The molecule has 0 aromatic carbocycles. The summed E-state index contributed by atoms with van der Waals surface area (Å²) in [6.45, 7) is 5.14. The zero-order chi connectivity index (χ0) is 8.44. The summed E-state index contributed by atoms with van der Waals surface area (Å²) in [5.41, 5.74) is 0. The molecule has 3 rings (SSSR count). The van der Waals surface area contributed by atoms with E-state index in [1.807, 2.05) is 0 Å². The first kappa shape index (κ1) is 8.24. The molecule has 0 atom stereocenters. The molecule has 0 amide bonds. The second-order valence-corrected chi connectivity index (χ2v) is 4.42. The van der Waals surface area contributed by atoms with Crippen molar-refractivity contribution >= 4 is 6.29 Å². The number of carbonyl (C=O) groups is 1. The van der Waals surface area contributed by atoms with Gasteiger partial charge in [-0.1, -0.05) is 0 Å². The lowest BCUT2D eigenvalue weighted by atomic mass is 9.85. The Kier molecular flexibility index (Phi) is 2.18. The van der Waals surface area contributed by atoms with Crippen LogP contribution in [-0.2, 0) is 4.79 Å². The van der Waals surface area contributed by atoms with Gasteiger partial charge in [-0.05, 0) is 25.2 Å². The number of hydrogen-bond donors (Lipinski definition) is 0. The molecule has 3 saturated heterocycles. The minimum Gasteiger partial charge on any atom is -0.323 e. The van der Waals surface area contributed by atoms with E-state index in [0.717, 1.165) is 25.2 Å². The quantitative estimate of drug-likeness (QED) is 0.457. The third-order valence-electron chi connectivity index (χ3n) is 3.76. The summed E-state index contributed by atoms with van der Waals surface area (Å²) in [7, 11) is 0. The molecule has 12 heavy (non-hydrogen) atoms. The van der Waals surface area contributed by atoms with Crippen molar-refractivity contribution in [1.29, 1.82) is 0 Å². The van der Waals surface area contributed by atoms with Gasteiger partial charge in [-0.2, -0.15) is 0 Å². The fraction of sp³-hybridized carbons (Fsp3) is 0.900. The largest absolute Gasteiger partial charge is 0.323 e. The molecule has 3 aliphatic heterocycles. The summed E-state index contributed by atoms with van der Waals surface area (Å²) in [5.74, 6) is 1.03. The van der Waals surface area contributed by atoms with Gasteiger partial charge in [0.25, 0.3) is 0 Å². The van der Waals surface area contributed by atoms with Crippen LogP contribution in [0.2, 0.25) is 0 Å². The molecule has 0 N–H and O–H groups in total. The SMILES string of the molecule is O=CCC[N+]12CCC(CC1)CC2. The van der Waals surface area contributed by atoms with Crippen LogP contribution in [0.1, 0.15) is 25.7 Å². The fourth-order valence-electron chi connectivity index (χ4n) is 2.80. The lowest BCUT2D eigenvalue weighted by Gasteiger charge is -2.49. The number of nitrogens with zero attached hydrogens (tertiary/aromatic N) is 1. The molecule has 3 fully saturated rings. The van der Waals surface area contributed by atoms with Crippen molar-refractivity contribution in [3.05, 3.63) is 0 Å². The fourth-order valence-corrected chi connectivity index (χ4v) is 2.80. The number of carbonyl (C=O) groups excluding carboxylic acids is 1. The molecule has 0 aromatic rings. The van der Waals surface area contributed by atoms with Gasteiger partial charge in [0.05, 0.1) is 32.6 Å². The highest BCUT2D eigenvalue weighted by Gasteiger charge is 2.38. The normalized spacial score (nSPS) is 39.8. The van der Waals surface area contributed by atoms with Crippen molar-refractivity contribution in [2.75, 3.05) is 26.2 Å². The molecular formula is C10H18NO+. The Morgan fingerprint density at radius 1 is 1.17 bits per heavy atom. The first-order valence-electron chi connectivity index (χ1n) is 5.13. The molecule has 3 aliphatic rings. The predicted molar refractivity (Wildman–Crippen MR) is 47.8 cm³/mol. The Bertz CT molecular complexity index is 157. The highest BCUT2D eigenvalue weighted by Crippen LogP contribution is 2.33. The van der Waals surface area contributed by atoms with Crippen molar-refractivity contribution in [2.24, 2.45) is 5.92 Å². The summed E-state index contributed by atoms with van der Waals surface area (Å²) < 4.78 is 1.26. The third-order valence-corrected chi connectivity index (χ3v) is 3.76. The number of fused-ring (bicyclic) bond motifs is 3. The van der Waals surface area contributed by atoms with Crippen LogP contribution in [-0.4, -0.2) is 36.9 Å². The van der Waals surface area contributed by atoms with E-state index in [9.17, 15) is 4.79 Å². The van der Waals surface area contributed by atoms with E-state index < -0.39 is 0 Å². The zero-order valence-corrected chi connectivity index (χ0v) is 7.67. The molecular weight excluding hydrogens is 150 g/mol. The molecule has 2 heteroatoms. The van der Waals surface area contributed by atoms with E-state index in [1.54, 1.807) is 0 Å². The maximum absolute atomic E-state index is 10.3. The number of rotatable bonds is 3. The summed E-state index contributed by atoms with van der Waals surface area (Å²) >= 11 is 0. The van der Waals surface area contributed by atoms with Gasteiger partial charge in [0, 0.05) is 0 Å². The van der Waals surface area contributed by atoms with Crippen LogP contribution in [0.25, 0.3) is 0 Å². The van der Waals surface area contributed by atoms with E-state index >= 15 is 0 Å². The summed E-state index contributed by atoms with van der Waals surface area (Å²) in [4.78, 5) is 10.3. The highest BCUT2D eigenvalue weighted by molar-refractivity contribution is 5.49. The molecule has 0 unspecified atom stereocenters. The van der Waals surface area contributed by atoms with Crippen LogP contribution < -0.4 is 0 Å². The minimum atomic E-state index is 0.769. The second-order valence-electron chi connectivity index (χ2n) is 4.42. The predicted octanol–water partition coefficient (Wildman–Crippen LogP) is 1.21. The molecule has 0 aromatic heterocycles. The van der Waals surface area contributed by atoms with Crippen molar-refractivity contribution in [1.82, 2.24) is 0 Å². The molecule has 0 saturated carbocycles. The summed E-state index contributed by atoms with van der Waals surface area (Å²) in [6.07, 6.45) is 6.09. The van der Waals surface area contributed by atoms with Crippen LogP contribution in [0.4, 0.5) is 0 Å². The van der Waals surface area contributed by atoms with Crippen LogP contribution in [0.5, 0.6) is 0 Å². The molecule has 3 heterocycles. The lowest BCUT2D eigenvalue weighted by molar-refractivity contribution is -0.942. The highest BCUT2D eigenvalue weighted by atomic mass is 16.1. The smallest absolute Gasteiger partial charge is 0.125 e. The van der Waals surface area contributed by atoms with Crippen LogP contribution in [0.3, 0.4) is 0 Å². The Morgan fingerprint density at radius 3 is 2.25 bits per heavy atom. The number of hydrogen-bond acceptors (Lipinski definition) is 1. The van der Waals surface area contributed by atoms with Gasteiger partial charge in [0.15, 0.2) is 0 Å². The van der Waals surface area contributed by atoms with Crippen molar-refractivity contribution < 1.29 is 9.28 Å². The van der Waals surface area contributed by atoms with Gasteiger partial charge in [-0.25, -0.2) is 0 Å². The monoisotopic (exact) mass is 168 g/mol. The first-order chi connectivity index (χ1) is 5.85. The van der Waals surface area contributed by atoms with Gasteiger partial charge in [0.2, 0.25) is 0 Å². The third kappa shape index (κ3) is 1.40. The van der Waals surface area contributed by atoms with Gasteiger partial charge in [-0.15, -0.1) is 0 Å². The van der Waals surface area contributed by atoms with Gasteiger partial charge in [-0.3, -0.25) is 0 Å². The Labute approximate surface area is 74.1 Å².